The van der Waals surface area contributed by atoms with Crippen molar-refractivity contribution in [1.29, 1.82) is 0 Å². The molecule has 1 saturated carbocycles. The maximum Gasteiger partial charge on any atom is 0.416 e. The van der Waals surface area contributed by atoms with E-state index in [0.717, 1.165) is 12.1 Å². The van der Waals surface area contributed by atoms with Gasteiger partial charge in [0.25, 0.3) is 5.91 Å². The Kier molecular flexibility index (Phi) is 6.47. The zero-order chi connectivity index (χ0) is 26.4. The standard InChI is InChI=1S/C25H20ClF3N4O3S/c26-21-11-4-15(13-31-37(35,36)18-9-10-18)12-19(21)24(34)32-22-2-1-3-23-20(22)14-30-33(23)17-7-5-16(6-8-17)25(27,28)29/h1-8,11-12,14,18,31H,9-10,13H2,(H,32,34). The number of amides is 1. The van der Waals surface area contributed by atoms with Gasteiger partial charge in [0, 0.05) is 11.9 Å². The first-order valence-electron chi connectivity index (χ1n) is 11.3. The van der Waals surface area contributed by atoms with Crippen LogP contribution in [0.4, 0.5) is 18.9 Å². The second-order valence-electron chi connectivity index (χ2n) is 8.67. The smallest absolute Gasteiger partial charge is 0.321 e. The molecule has 7 nitrogen and oxygen atoms in total. The highest BCUT2D eigenvalue weighted by Crippen LogP contribution is 2.31. The molecule has 4 aromatic rings. The number of benzene rings is 3. The molecule has 1 aromatic heterocycles. The average Bonchev–Trinajstić information content (AvgIpc) is 3.64. The summed E-state index contributed by atoms with van der Waals surface area (Å²) in [6, 6.07) is 14.4. The Morgan fingerprint density at radius 2 is 1.81 bits per heavy atom. The van der Waals surface area contributed by atoms with Crippen LogP contribution >= 0.6 is 11.6 Å². The summed E-state index contributed by atoms with van der Waals surface area (Å²) in [7, 11) is -3.38. The van der Waals surface area contributed by atoms with Crippen LogP contribution in [0, 0.1) is 0 Å². The highest BCUT2D eigenvalue weighted by molar-refractivity contribution is 7.90. The summed E-state index contributed by atoms with van der Waals surface area (Å²) >= 11 is 6.26. The summed E-state index contributed by atoms with van der Waals surface area (Å²) in [4.78, 5) is 13.1. The number of alkyl halides is 3. The zero-order valence-electron chi connectivity index (χ0n) is 19.1. The number of carbonyl (C=O) groups is 1. The van der Waals surface area contributed by atoms with Gasteiger partial charge in [0.1, 0.15) is 0 Å². The Bertz CT molecular complexity index is 1600. The quantitative estimate of drug-likeness (QED) is 0.317. The normalized spacial score (nSPS) is 14.2. The lowest BCUT2D eigenvalue weighted by molar-refractivity contribution is -0.137. The highest BCUT2D eigenvalue weighted by Gasteiger charge is 2.35. The van der Waals surface area contributed by atoms with Crippen LogP contribution in [-0.2, 0) is 22.7 Å². The van der Waals surface area contributed by atoms with Crippen LogP contribution in [0.3, 0.4) is 0 Å². The number of anilines is 1. The summed E-state index contributed by atoms with van der Waals surface area (Å²) in [5, 5.41) is 7.50. The molecule has 1 amide bonds. The monoisotopic (exact) mass is 548 g/mol. The van der Waals surface area contributed by atoms with Crippen LogP contribution in [0.15, 0.2) is 66.9 Å². The van der Waals surface area contributed by atoms with Gasteiger partial charge in [-0.1, -0.05) is 23.7 Å². The number of nitrogens with zero attached hydrogens (tertiary/aromatic N) is 2. The Morgan fingerprint density at radius 3 is 2.49 bits per heavy atom. The van der Waals surface area contributed by atoms with E-state index in [1.54, 1.807) is 24.3 Å². The number of rotatable bonds is 7. The molecule has 1 aliphatic carbocycles. The first-order valence-corrected chi connectivity index (χ1v) is 13.2. The third-order valence-corrected chi connectivity index (χ3v) is 8.24. The average molecular weight is 549 g/mol. The van der Waals surface area contributed by atoms with Crippen LogP contribution in [0.2, 0.25) is 5.02 Å². The molecular weight excluding hydrogens is 529 g/mol. The second kappa shape index (κ2) is 9.47. The molecule has 37 heavy (non-hydrogen) atoms. The van der Waals surface area contributed by atoms with Crippen molar-refractivity contribution in [3.8, 4) is 5.69 Å². The molecule has 0 bridgehead atoms. The van der Waals surface area contributed by atoms with Crippen LogP contribution in [0.5, 0.6) is 0 Å². The lowest BCUT2D eigenvalue weighted by atomic mass is 10.1. The van der Waals surface area contributed by atoms with Crippen LogP contribution in [0.25, 0.3) is 16.6 Å². The van der Waals surface area contributed by atoms with E-state index in [1.165, 1.54) is 35.1 Å². The van der Waals surface area contributed by atoms with Gasteiger partial charge in [-0.25, -0.2) is 17.8 Å². The van der Waals surface area contributed by atoms with Crippen molar-refractivity contribution in [1.82, 2.24) is 14.5 Å². The summed E-state index contributed by atoms with van der Waals surface area (Å²) in [5.74, 6) is -0.508. The molecule has 12 heteroatoms. The molecule has 0 saturated heterocycles. The molecule has 1 aliphatic rings. The molecule has 1 fully saturated rings. The van der Waals surface area contributed by atoms with E-state index in [9.17, 15) is 26.4 Å². The number of aromatic nitrogens is 2. The molecule has 0 unspecified atom stereocenters. The first kappa shape index (κ1) is 25.2. The van der Waals surface area contributed by atoms with Crippen molar-refractivity contribution >= 4 is 44.1 Å². The van der Waals surface area contributed by atoms with E-state index in [-0.39, 0.29) is 22.4 Å². The SMILES string of the molecule is O=C(Nc1cccc2c1cnn2-c1ccc(C(F)(F)F)cc1)c1cc(CNS(=O)(=O)C2CC2)ccc1Cl. The molecule has 1 heterocycles. The van der Waals surface area contributed by atoms with Gasteiger partial charge in [-0.05, 0) is 66.9 Å². The van der Waals surface area contributed by atoms with Gasteiger partial charge in [-0.3, -0.25) is 4.79 Å². The van der Waals surface area contributed by atoms with Gasteiger partial charge in [0.05, 0.1) is 44.5 Å². The molecule has 0 aliphatic heterocycles. The minimum absolute atomic E-state index is 0.0335. The Labute approximate surface area is 215 Å². The molecule has 5 rings (SSSR count). The summed E-state index contributed by atoms with van der Waals surface area (Å²) in [5.41, 5.74) is 1.41. The summed E-state index contributed by atoms with van der Waals surface area (Å²) < 4.78 is 67.0. The highest BCUT2D eigenvalue weighted by atomic mass is 35.5. The van der Waals surface area contributed by atoms with E-state index in [1.807, 2.05) is 0 Å². The van der Waals surface area contributed by atoms with E-state index in [4.69, 9.17) is 11.6 Å². The number of fused-ring (bicyclic) bond motifs is 1. The minimum Gasteiger partial charge on any atom is -0.321 e. The van der Waals surface area contributed by atoms with Gasteiger partial charge < -0.3 is 5.32 Å². The van der Waals surface area contributed by atoms with Crippen LogP contribution < -0.4 is 10.0 Å². The second-order valence-corrected chi connectivity index (χ2v) is 11.1. The fourth-order valence-electron chi connectivity index (χ4n) is 3.88. The minimum atomic E-state index is -4.44. The molecule has 0 atom stereocenters. The molecule has 0 radical (unpaired) electrons. The Morgan fingerprint density at radius 1 is 1.08 bits per heavy atom. The number of hydrogen-bond acceptors (Lipinski definition) is 4. The number of nitrogens with one attached hydrogen (secondary N) is 2. The number of hydrogen-bond donors (Lipinski definition) is 2. The molecule has 0 spiro atoms. The van der Waals surface area contributed by atoms with Gasteiger partial charge in [0.15, 0.2) is 0 Å². The fourth-order valence-corrected chi connectivity index (χ4v) is 5.45. The Hall–Kier alpha value is -3.41. The van der Waals surface area contributed by atoms with Crippen molar-refractivity contribution in [3.63, 3.8) is 0 Å². The molecule has 3 aromatic carbocycles. The Balaban J connectivity index is 1.38. The topological polar surface area (TPSA) is 93.1 Å². The van der Waals surface area contributed by atoms with E-state index in [2.05, 4.69) is 15.1 Å². The van der Waals surface area contributed by atoms with E-state index < -0.39 is 27.7 Å². The number of halogens is 4. The van der Waals surface area contributed by atoms with E-state index in [0.29, 0.717) is 40.7 Å². The maximum absolute atomic E-state index is 13.1. The van der Waals surface area contributed by atoms with Crippen LogP contribution in [0.1, 0.15) is 34.3 Å². The zero-order valence-corrected chi connectivity index (χ0v) is 20.7. The molecular formula is C25H20ClF3N4O3S. The lowest BCUT2D eigenvalue weighted by Gasteiger charge is -2.11. The van der Waals surface area contributed by atoms with E-state index >= 15 is 0 Å². The fraction of sp³-hybridized carbons (Fsp3) is 0.200. The van der Waals surface area contributed by atoms with Crippen molar-refractivity contribution in [2.75, 3.05) is 5.32 Å². The van der Waals surface area contributed by atoms with Crippen molar-refractivity contribution in [3.05, 3.63) is 88.6 Å². The van der Waals surface area contributed by atoms with Crippen molar-refractivity contribution in [2.45, 2.75) is 30.8 Å². The van der Waals surface area contributed by atoms with Crippen molar-refractivity contribution in [2.24, 2.45) is 0 Å². The number of sulfonamides is 1. The van der Waals surface area contributed by atoms with Crippen LogP contribution in [-0.4, -0.2) is 29.4 Å². The number of carbonyl (C=O) groups excluding carboxylic acids is 1. The third kappa shape index (κ3) is 5.34. The summed E-state index contributed by atoms with van der Waals surface area (Å²) in [6.45, 7) is 0.0335. The third-order valence-electron chi connectivity index (χ3n) is 6.02. The van der Waals surface area contributed by atoms with Gasteiger partial charge in [0.2, 0.25) is 10.0 Å². The maximum atomic E-state index is 13.1. The largest absolute Gasteiger partial charge is 0.416 e. The van der Waals surface area contributed by atoms with Gasteiger partial charge >= 0.3 is 6.18 Å². The van der Waals surface area contributed by atoms with Crippen molar-refractivity contribution < 1.29 is 26.4 Å². The van der Waals surface area contributed by atoms with Gasteiger partial charge in [-0.2, -0.15) is 18.3 Å². The molecule has 2 N–H and O–H groups in total. The van der Waals surface area contributed by atoms with Gasteiger partial charge in [-0.15, -0.1) is 0 Å². The molecule has 192 valence electrons. The predicted octanol–water partition coefficient (Wildman–Crippen LogP) is 5.53. The first-order chi connectivity index (χ1) is 17.5. The lowest BCUT2D eigenvalue weighted by Crippen LogP contribution is -2.26. The summed E-state index contributed by atoms with van der Waals surface area (Å²) in [6.07, 6.45) is -1.65. The predicted molar refractivity (Wildman–Crippen MR) is 134 cm³/mol.